The van der Waals surface area contributed by atoms with E-state index in [-0.39, 0.29) is 11.7 Å². The summed E-state index contributed by atoms with van der Waals surface area (Å²) in [5.74, 6) is -0.691. The minimum absolute atomic E-state index is 0.0371. The maximum Gasteiger partial charge on any atom is 0.281 e. The van der Waals surface area contributed by atoms with Crippen LogP contribution in [0, 0.1) is 0 Å². The summed E-state index contributed by atoms with van der Waals surface area (Å²) in [6.07, 6.45) is 0. The van der Waals surface area contributed by atoms with E-state index in [4.69, 9.17) is 27.9 Å². The lowest BCUT2D eigenvalue weighted by atomic mass is 10.1. The van der Waals surface area contributed by atoms with Crippen LogP contribution in [-0.4, -0.2) is 42.9 Å². The molecule has 3 N–H and O–H groups in total. The number of carbonyl (C=O) groups excluding carboxylic acids is 2. The molecule has 2 heterocycles. The number of carbonyl (C=O) groups is 2. The van der Waals surface area contributed by atoms with E-state index in [0.717, 1.165) is 16.9 Å². The van der Waals surface area contributed by atoms with Crippen molar-refractivity contribution in [3.05, 3.63) is 61.1 Å². The first-order chi connectivity index (χ1) is 15.3. The lowest BCUT2D eigenvalue weighted by molar-refractivity contribution is 0.0939. The van der Waals surface area contributed by atoms with Gasteiger partial charge in [-0.15, -0.1) is 22.7 Å². The summed E-state index contributed by atoms with van der Waals surface area (Å²) in [7, 11) is 1.55. The fourth-order valence-electron chi connectivity index (χ4n) is 2.64. The number of nitrogens with one attached hydrogen (secondary N) is 2. The maximum absolute atomic E-state index is 12.4. The summed E-state index contributed by atoms with van der Waals surface area (Å²) >= 11 is 14.4. The van der Waals surface area contributed by atoms with Crippen LogP contribution in [0.5, 0.6) is 5.75 Å². The number of hydrogen-bond acceptors (Lipinski definition) is 7. The van der Waals surface area contributed by atoms with E-state index < -0.39 is 5.91 Å². The van der Waals surface area contributed by atoms with Crippen molar-refractivity contribution >= 4 is 63.4 Å². The van der Waals surface area contributed by atoms with Crippen LogP contribution in [0.4, 0.5) is 0 Å². The number of hydrogen-bond donors (Lipinski definition) is 3. The second kappa shape index (κ2) is 10.9. The van der Waals surface area contributed by atoms with E-state index in [1.807, 2.05) is 0 Å². The highest BCUT2D eigenvalue weighted by molar-refractivity contribution is 7.16. The maximum atomic E-state index is 12.4. The zero-order valence-electron chi connectivity index (χ0n) is 17.1. The van der Waals surface area contributed by atoms with Gasteiger partial charge in [0.25, 0.3) is 11.8 Å². The van der Waals surface area contributed by atoms with Crippen LogP contribution < -0.4 is 10.7 Å². The standard InChI is InChI=1S/C21H19Cl2N3O4S2/c1-11(13-10-31-19(18(13)27)12-3-4-14(22)15(23)9-12)25-26-21(29)17-6-5-16(32-17)20(28)24-7-8-30-2/h3-6,9-10,27H,7-8H2,1-2H3,(H,24,28)(H,26,29)/b25-11-. The summed E-state index contributed by atoms with van der Waals surface area (Å²) in [4.78, 5) is 25.8. The van der Waals surface area contributed by atoms with Gasteiger partial charge in [-0.3, -0.25) is 9.59 Å². The topological polar surface area (TPSA) is 100 Å². The Morgan fingerprint density at radius 2 is 1.84 bits per heavy atom. The molecule has 0 radical (unpaired) electrons. The number of nitrogens with zero attached hydrogens (tertiary/aromatic N) is 1. The molecule has 0 aliphatic carbocycles. The van der Waals surface area contributed by atoms with E-state index in [0.29, 0.717) is 49.1 Å². The van der Waals surface area contributed by atoms with Crippen molar-refractivity contribution in [2.45, 2.75) is 6.92 Å². The molecule has 0 spiro atoms. The fourth-order valence-corrected chi connectivity index (χ4v) is 4.75. The molecule has 2 aromatic heterocycles. The van der Waals surface area contributed by atoms with Crippen molar-refractivity contribution in [3.63, 3.8) is 0 Å². The molecule has 0 bridgehead atoms. The van der Waals surface area contributed by atoms with Crippen LogP contribution >= 0.6 is 45.9 Å². The molecule has 0 saturated carbocycles. The van der Waals surface area contributed by atoms with Gasteiger partial charge >= 0.3 is 0 Å². The first kappa shape index (κ1) is 24.2. The highest BCUT2D eigenvalue weighted by atomic mass is 35.5. The highest BCUT2D eigenvalue weighted by Crippen LogP contribution is 2.40. The second-order valence-corrected chi connectivity index (χ2v) is 9.28. The Labute approximate surface area is 202 Å². The molecule has 11 heteroatoms. The number of methoxy groups -OCH3 is 1. The molecule has 3 rings (SSSR count). The molecule has 0 unspecified atom stereocenters. The van der Waals surface area contributed by atoms with Crippen molar-refractivity contribution in [1.29, 1.82) is 0 Å². The van der Waals surface area contributed by atoms with Crippen LogP contribution in [-0.2, 0) is 4.74 Å². The van der Waals surface area contributed by atoms with Crippen LogP contribution in [0.25, 0.3) is 10.4 Å². The Kier molecular flexibility index (Phi) is 8.27. The number of hydrazone groups is 1. The number of thiophene rings is 2. The number of ether oxygens (including phenoxy) is 1. The largest absolute Gasteiger partial charge is 0.506 e. The van der Waals surface area contributed by atoms with Gasteiger partial charge in [0, 0.05) is 19.0 Å². The van der Waals surface area contributed by atoms with Gasteiger partial charge in [-0.1, -0.05) is 29.3 Å². The second-order valence-electron chi connectivity index (χ2n) is 6.51. The van der Waals surface area contributed by atoms with Gasteiger partial charge in [-0.25, -0.2) is 5.43 Å². The van der Waals surface area contributed by atoms with Gasteiger partial charge in [0.05, 0.1) is 42.6 Å². The van der Waals surface area contributed by atoms with E-state index in [2.05, 4.69) is 15.8 Å². The third kappa shape index (κ3) is 5.67. The molecule has 168 valence electrons. The van der Waals surface area contributed by atoms with Crippen molar-refractivity contribution < 1.29 is 19.4 Å². The van der Waals surface area contributed by atoms with Crippen LogP contribution in [0.15, 0.2) is 40.8 Å². The zero-order valence-corrected chi connectivity index (χ0v) is 20.2. The molecule has 0 fully saturated rings. The molecule has 1 aromatic carbocycles. The van der Waals surface area contributed by atoms with Crippen LogP contribution in [0.2, 0.25) is 10.0 Å². The number of aromatic hydroxyl groups is 1. The Morgan fingerprint density at radius 1 is 1.12 bits per heavy atom. The predicted octanol–water partition coefficient (Wildman–Crippen LogP) is 5.02. The first-order valence-corrected chi connectivity index (χ1v) is 11.7. The molecule has 2 amide bonds. The predicted molar refractivity (Wildman–Crippen MR) is 130 cm³/mol. The van der Waals surface area contributed by atoms with Gasteiger partial charge in [0.15, 0.2) is 0 Å². The summed E-state index contributed by atoms with van der Waals surface area (Å²) in [5, 5.41) is 20.0. The molecule has 0 aliphatic heterocycles. The zero-order chi connectivity index (χ0) is 23.3. The van der Waals surface area contributed by atoms with Gasteiger partial charge in [-0.2, -0.15) is 5.10 Å². The average Bonchev–Trinajstić information content (AvgIpc) is 3.41. The molecule has 3 aromatic rings. The lowest BCUT2D eigenvalue weighted by Crippen LogP contribution is -2.26. The number of benzene rings is 1. The monoisotopic (exact) mass is 511 g/mol. The number of amides is 2. The average molecular weight is 512 g/mol. The summed E-state index contributed by atoms with van der Waals surface area (Å²) in [6.45, 7) is 2.46. The normalized spacial score (nSPS) is 11.4. The molecule has 0 atom stereocenters. The highest BCUT2D eigenvalue weighted by Gasteiger charge is 2.17. The van der Waals surface area contributed by atoms with Gasteiger partial charge in [0.2, 0.25) is 0 Å². The smallest absolute Gasteiger partial charge is 0.281 e. The number of halogens is 2. The Morgan fingerprint density at radius 3 is 2.53 bits per heavy atom. The Balaban J connectivity index is 1.68. The van der Waals surface area contributed by atoms with Crippen molar-refractivity contribution in [2.75, 3.05) is 20.3 Å². The van der Waals surface area contributed by atoms with E-state index in [1.165, 1.54) is 11.3 Å². The molecule has 0 aliphatic rings. The van der Waals surface area contributed by atoms with Crippen molar-refractivity contribution in [1.82, 2.24) is 10.7 Å². The van der Waals surface area contributed by atoms with Crippen LogP contribution in [0.1, 0.15) is 31.8 Å². The van der Waals surface area contributed by atoms with E-state index in [1.54, 1.807) is 49.7 Å². The van der Waals surface area contributed by atoms with Gasteiger partial charge < -0.3 is 15.2 Å². The molecular formula is C21H19Cl2N3O4S2. The molecule has 7 nitrogen and oxygen atoms in total. The molecular weight excluding hydrogens is 493 g/mol. The third-order valence-electron chi connectivity index (χ3n) is 4.31. The minimum Gasteiger partial charge on any atom is -0.506 e. The van der Waals surface area contributed by atoms with Crippen LogP contribution in [0.3, 0.4) is 0 Å². The minimum atomic E-state index is -0.454. The van der Waals surface area contributed by atoms with Crippen molar-refractivity contribution in [3.8, 4) is 16.2 Å². The van der Waals surface area contributed by atoms with E-state index >= 15 is 0 Å². The lowest BCUT2D eigenvalue weighted by Gasteiger charge is -2.04. The van der Waals surface area contributed by atoms with Gasteiger partial charge in [0.1, 0.15) is 5.75 Å². The SMILES string of the molecule is COCCNC(=O)c1ccc(C(=O)N/N=C(/C)c2csc(-c3ccc(Cl)c(Cl)c3)c2O)s1. The third-order valence-corrected chi connectivity index (χ3v) is 7.15. The Bertz CT molecular complexity index is 1170. The fraction of sp³-hybridized carbons (Fsp3) is 0.190. The quantitative estimate of drug-likeness (QED) is 0.224. The number of rotatable bonds is 8. The first-order valence-electron chi connectivity index (χ1n) is 9.29. The Hall–Kier alpha value is -2.43. The molecule has 32 heavy (non-hydrogen) atoms. The summed E-state index contributed by atoms with van der Waals surface area (Å²) in [6, 6.07) is 8.23. The van der Waals surface area contributed by atoms with E-state index in [9.17, 15) is 14.7 Å². The molecule has 0 saturated heterocycles. The van der Waals surface area contributed by atoms with Crippen molar-refractivity contribution in [2.24, 2.45) is 5.10 Å². The summed E-state index contributed by atoms with van der Waals surface area (Å²) < 4.78 is 4.89. The van der Waals surface area contributed by atoms with Gasteiger partial charge in [-0.05, 0) is 36.8 Å². The summed E-state index contributed by atoms with van der Waals surface area (Å²) in [5.41, 5.74) is 4.09.